The monoisotopic (exact) mass is 382 g/mol. The van der Waals surface area contributed by atoms with E-state index in [0.717, 1.165) is 10.9 Å². The van der Waals surface area contributed by atoms with E-state index in [1.807, 2.05) is 36.4 Å². The summed E-state index contributed by atoms with van der Waals surface area (Å²) in [5, 5.41) is 11.1. The van der Waals surface area contributed by atoms with Gasteiger partial charge in [0.05, 0.1) is 11.1 Å². The molecule has 0 aliphatic rings. The van der Waals surface area contributed by atoms with Crippen molar-refractivity contribution in [3.63, 3.8) is 0 Å². The Balaban J connectivity index is 1.45. The summed E-state index contributed by atoms with van der Waals surface area (Å²) >= 11 is 0. The molecule has 8 heteroatoms. The van der Waals surface area contributed by atoms with Crippen LogP contribution in [0.4, 0.5) is 5.95 Å². The van der Waals surface area contributed by atoms with Crippen LogP contribution in [-0.2, 0) is 0 Å². The van der Waals surface area contributed by atoms with E-state index in [0.29, 0.717) is 22.4 Å². The van der Waals surface area contributed by atoms with E-state index >= 15 is 0 Å². The van der Waals surface area contributed by atoms with Gasteiger partial charge in [0.25, 0.3) is 5.91 Å². The highest BCUT2D eigenvalue weighted by Gasteiger charge is 2.15. The Morgan fingerprint density at radius 3 is 2.69 bits per heavy atom. The third-order valence-electron chi connectivity index (χ3n) is 4.55. The fraction of sp³-hybridized carbons (Fsp3) is 0. The van der Waals surface area contributed by atoms with E-state index in [-0.39, 0.29) is 17.1 Å². The fourth-order valence-electron chi connectivity index (χ4n) is 3.19. The van der Waals surface area contributed by atoms with E-state index in [2.05, 4.69) is 30.5 Å². The van der Waals surface area contributed by atoms with Crippen LogP contribution in [-0.4, -0.2) is 31.1 Å². The van der Waals surface area contributed by atoms with Gasteiger partial charge >= 0.3 is 0 Å². The molecule has 0 unspecified atom stereocenters. The highest BCUT2D eigenvalue weighted by Crippen LogP contribution is 2.20. The summed E-state index contributed by atoms with van der Waals surface area (Å²) < 4.78 is 0. The molecule has 0 saturated heterocycles. The van der Waals surface area contributed by atoms with Gasteiger partial charge in [0.2, 0.25) is 11.5 Å². The number of fused-ring (bicyclic) bond motifs is 2. The molecule has 0 spiro atoms. The number of aromatic amines is 2. The van der Waals surface area contributed by atoms with Gasteiger partial charge in [0, 0.05) is 22.4 Å². The predicted molar refractivity (Wildman–Crippen MR) is 110 cm³/mol. The first-order chi connectivity index (χ1) is 14.2. The molecule has 3 heterocycles. The number of carbonyl (C=O) groups excluding carboxylic acids is 1. The van der Waals surface area contributed by atoms with Gasteiger partial charge < -0.3 is 4.98 Å². The van der Waals surface area contributed by atoms with Gasteiger partial charge in [-0.1, -0.05) is 42.5 Å². The number of nitrogens with one attached hydrogen (secondary N) is 3. The van der Waals surface area contributed by atoms with E-state index in [1.54, 1.807) is 24.3 Å². The van der Waals surface area contributed by atoms with Crippen molar-refractivity contribution in [1.29, 1.82) is 0 Å². The summed E-state index contributed by atoms with van der Waals surface area (Å²) in [4.78, 5) is 36.2. The SMILES string of the molecule is O=C(Nc1n[nH]c(-c2ccc3ccccc3n2)n1)c1cc(=O)[nH]c2ccccc12. The second-order valence-corrected chi connectivity index (χ2v) is 6.44. The van der Waals surface area contributed by atoms with Crippen molar-refractivity contribution >= 4 is 33.7 Å². The number of para-hydroxylation sites is 2. The van der Waals surface area contributed by atoms with Crippen LogP contribution in [0, 0.1) is 0 Å². The molecule has 140 valence electrons. The summed E-state index contributed by atoms with van der Waals surface area (Å²) in [6, 6.07) is 19.9. The van der Waals surface area contributed by atoms with Crippen LogP contribution >= 0.6 is 0 Å². The molecule has 3 aromatic heterocycles. The molecule has 0 bridgehead atoms. The molecule has 3 N–H and O–H groups in total. The van der Waals surface area contributed by atoms with Gasteiger partial charge in [-0.05, 0) is 18.2 Å². The molecule has 0 fully saturated rings. The number of amides is 1. The molecule has 8 nitrogen and oxygen atoms in total. The zero-order valence-corrected chi connectivity index (χ0v) is 15.0. The molecule has 0 aliphatic heterocycles. The number of nitrogens with zero attached hydrogens (tertiary/aromatic N) is 3. The van der Waals surface area contributed by atoms with Crippen LogP contribution in [0.2, 0.25) is 0 Å². The molecule has 0 atom stereocenters. The second kappa shape index (κ2) is 6.68. The number of anilines is 1. The predicted octanol–water partition coefficient (Wildman–Crippen LogP) is 3.11. The van der Waals surface area contributed by atoms with E-state index in [9.17, 15) is 9.59 Å². The maximum Gasteiger partial charge on any atom is 0.258 e. The van der Waals surface area contributed by atoms with Gasteiger partial charge in [-0.25, -0.2) is 4.98 Å². The Labute approximate surface area is 163 Å². The largest absolute Gasteiger partial charge is 0.322 e. The smallest absolute Gasteiger partial charge is 0.258 e. The van der Waals surface area contributed by atoms with Crippen molar-refractivity contribution in [2.45, 2.75) is 0 Å². The number of hydrogen-bond acceptors (Lipinski definition) is 5. The zero-order valence-electron chi connectivity index (χ0n) is 15.0. The number of hydrogen-bond donors (Lipinski definition) is 3. The standard InChI is InChI=1S/C21H14N6O2/c28-18-11-14(13-6-2-4-8-16(13)23-18)20(29)25-21-24-19(26-27-21)17-10-9-12-5-1-3-7-15(12)22-17/h1-11H,(H,23,28)(H2,24,25,26,27,29). The Hall–Kier alpha value is -4.33. The lowest BCUT2D eigenvalue weighted by molar-refractivity contribution is 0.102. The van der Waals surface area contributed by atoms with E-state index in [4.69, 9.17) is 0 Å². The van der Waals surface area contributed by atoms with Gasteiger partial charge in [-0.15, -0.1) is 5.10 Å². The van der Waals surface area contributed by atoms with Crippen LogP contribution in [0.3, 0.4) is 0 Å². The lowest BCUT2D eigenvalue weighted by atomic mass is 10.1. The zero-order chi connectivity index (χ0) is 19.8. The average Bonchev–Trinajstić information content (AvgIpc) is 3.21. The molecule has 5 aromatic rings. The maximum atomic E-state index is 12.7. The number of H-pyrrole nitrogens is 2. The molecule has 2 aromatic carbocycles. The number of carbonyl (C=O) groups is 1. The minimum atomic E-state index is -0.468. The molecular formula is C21H14N6O2. The molecule has 0 radical (unpaired) electrons. The lowest BCUT2D eigenvalue weighted by Gasteiger charge is -2.05. The number of benzene rings is 2. The normalized spacial score (nSPS) is 11.0. The topological polar surface area (TPSA) is 116 Å². The molecule has 5 rings (SSSR count). The minimum absolute atomic E-state index is 0.101. The van der Waals surface area contributed by atoms with Crippen molar-refractivity contribution < 1.29 is 4.79 Å². The quantitative estimate of drug-likeness (QED) is 0.443. The van der Waals surface area contributed by atoms with Crippen LogP contribution in [0.5, 0.6) is 0 Å². The van der Waals surface area contributed by atoms with E-state index in [1.165, 1.54) is 6.07 Å². The van der Waals surface area contributed by atoms with Crippen LogP contribution in [0.25, 0.3) is 33.3 Å². The van der Waals surface area contributed by atoms with Gasteiger partial charge in [0.15, 0.2) is 5.82 Å². The summed E-state index contributed by atoms with van der Waals surface area (Å²) in [6.07, 6.45) is 0. The summed E-state index contributed by atoms with van der Waals surface area (Å²) in [6.45, 7) is 0. The second-order valence-electron chi connectivity index (χ2n) is 6.44. The van der Waals surface area contributed by atoms with Crippen molar-refractivity contribution in [2.75, 3.05) is 5.32 Å². The van der Waals surface area contributed by atoms with Crippen LogP contribution in [0.15, 0.2) is 71.5 Å². The highest BCUT2D eigenvalue weighted by molar-refractivity contribution is 6.11. The molecule has 0 aliphatic carbocycles. The summed E-state index contributed by atoms with van der Waals surface area (Å²) in [5.41, 5.74) is 1.92. The van der Waals surface area contributed by atoms with Crippen LogP contribution < -0.4 is 10.9 Å². The first-order valence-corrected chi connectivity index (χ1v) is 8.89. The van der Waals surface area contributed by atoms with Crippen molar-refractivity contribution in [1.82, 2.24) is 25.1 Å². The number of pyridine rings is 2. The Bertz CT molecular complexity index is 1440. The first-order valence-electron chi connectivity index (χ1n) is 8.89. The number of aromatic nitrogens is 5. The van der Waals surface area contributed by atoms with Gasteiger partial charge in [0.1, 0.15) is 5.69 Å². The summed E-state index contributed by atoms with van der Waals surface area (Å²) in [7, 11) is 0. The first kappa shape index (κ1) is 16.8. The average molecular weight is 382 g/mol. The minimum Gasteiger partial charge on any atom is -0.322 e. The molecule has 0 saturated carbocycles. The van der Waals surface area contributed by atoms with Crippen LogP contribution in [0.1, 0.15) is 10.4 Å². The molecule has 29 heavy (non-hydrogen) atoms. The van der Waals surface area contributed by atoms with Crippen molar-refractivity contribution in [2.24, 2.45) is 0 Å². The Kier molecular flexibility index (Phi) is 3.87. The highest BCUT2D eigenvalue weighted by atomic mass is 16.2. The lowest BCUT2D eigenvalue weighted by Crippen LogP contribution is -2.17. The Morgan fingerprint density at radius 1 is 0.931 bits per heavy atom. The summed E-state index contributed by atoms with van der Waals surface area (Å²) in [5.74, 6) is 0.0652. The fourth-order valence-corrected chi connectivity index (χ4v) is 3.19. The maximum absolute atomic E-state index is 12.7. The van der Waals surface area contributed by atoms with Crippen molar-refractivity contribution in [3.05, 3.63) is 82.6 Å². The third-order valence-corrected chi connectivity index (χ3v) is 4.55. The van der Waals surface area contributed by atoms with Gasteiger partial charge in [-0.2, -0.15) is 4.98 Å². The number of rotatable bonds is 3. The van der Waals surface area contributed by atoms with E-state index < -0.39 is 5.91 Å². The Morgan fingerprint density at radius 2 is 1.76 bits per heavy atom. The third kappa shape index (κ3) is 3.12. The van der Waals surface area contributed by atoms with Crippen molar-refractivity contribution in [3.8, 4) is 11.5 Å². The molecule has 1 amide bonds. The molecular weight excluding hydrogens is 368 g/mol. The van der Waals surface area contributed by atoms with Gasteiger partial charge in [-0.3, -0.25) is 20.0 Å².